The smallest absolute Gasteiger partial charge is 0.00683 e. The highest BCUT2D eigenvalue weighted by Gasteiger charge is 2.42. The molecule has 5 atom stereocenters. The van der Waals surface area contributed by atoms with Crippen molar-refractivity contribution in [3.63, 3.8) is 0 Å². The molecule has 0 radical (unpaired) electrons. The summed E-state index contributed by atoms with van der Waals surface area (Å²) in [5, 5.41) is 3.75. The second-order valence-electron chi connectivity index (χ2n) is 7.45. The summed E-state index contributed by atoms with van der Waals surface area (Å²) in [6.45, 7) is 1.34. The Balaban J connectivity index is 1.25. The number of nitrogens with one attached hydrogen (secondary N) is 1. The van der Waals surface area contributed by atoms with Gasteiger partial charge in [0.1, 0.15) is 0 Å². The van der Waals surface area contributed by atoms with Crippen molar-refractivity contribution in [3.8, 4) is 0 Å². The standard InChI is InChI=1S/C16H27N/c1-2-12-7-11(1)8-15(12)9-13-3-4-14(13)10-17-16-5-6-16/h11-17H,1-10H2. The highest BCUT2D eigenvalue weighted by molar-refractivity contribution is 4.94. The van der Waals surface area contributed by atoms with Crippen molar-refractivity contribution in [1.29, 1.82) is 0 Å². The molecule has 4 aliphatic carbocycles. The summed E-state index contributed by atoms with van der Waals surface area (Å²) in [5.41, 5.74) is 0. The van der Waals surface area contributed by atoms with E-state index in [2.05, 4.69) is 5.32 Å². The minimum Gasteiger partial charge on any atom is -0.314 e. The minimum absolute atomic E-state index is 0.916. The van der Waals surface area contributed by atoms with Gasteiger partial charge in [-0.1, -0.05) is 6.42 Å². The van der Waals surface area contributed by atoms with E-state index in [0.717, 1.165) is 35.6 Å². The summed E-state index contributed by atoms with van der Waals surface area (Å²) in [5.74, 6) is 5.59. The van der Waals surface area contributed by atoms with Gasteiger partial charge in [0.05, 0.1) is 0 Å². The minimum atomic E-state index is 0.916. The van der Waals surface area contributed by atoms with Crippen LogP contribution < -0.4 is 5.32 Å². The van der Waals surface area contributed by atoms with E-state index in [1.807, 2.05) is 0 Å². The van der Waals surface area contributed by atoms with Crippen molar-refractivity contribution in [3.05, 3.63) is 0 Å². The first-order valence-corrected chi connectivity index (χ1v) is 8.12. The van der Waals surface area contributed by atoms with Gasteiger partial charge >= 0.3 is 0 Å². The maximum Gasteiger partial charge on any atom is 0.00683 e. The molecular formula is C16H27N. The normalized spacial score (nSPS) is 48.4. The third-order valence-corrected chi connectivity index (χ3v) is 6.31. The van der Waals surface area contributed by atoms with Crippen LogP contribution in [0.4, 0.5) is 0 Å². The quantitative estimate of drug-likeness (QED) is 0.765. The Kier molecular flexibility index (Phi) is 2.72. The zero-order valence-corrected chi connectivity index (χ0v) is 11.0. The molecule has 1 N–H and O–H groups in total. The van der Waals surface area contributed by atoms with Crippen LogP contribution in [0.2, 0.25) is 0 Å². The van der Waals surface area contributed by atoms with Crippen molar-refractivity contribution in [1.82, 2.24) is 5.32 Å². The summed E-state index contributed by atoms with van der Waals surface area (Å²) in [6.07, 6.45) is 13.9. The second-order valence-corrected chi connectivity index (χ2v) is 7.45. The molecule has 1 heteroatoms. The van der Waals surface area contributed by atoms with Gasteiger partial charge in [0.2, 0.25) is 0 Å². The van der Waals surface area contributed by atoms with Gasteiger partial charge < -0.3 is 5.32 Å². The predicted molar refractivity (Wildman–Crippen MR) is 70.8 cm³/mol. The first-order chi connectivity index (χ1) is 8.38. The molecular weight excluding hydrogens is 206 g/mol. The van der Waals surface area contributed by atoms with Crippen LogP contribution in [0, 0.1) is 29.6 Å². The molecule has 5 unspecified atom stereocenters. The fraction of sp³-hybridized carbons (Fsp3) is 1.00. The lowest BCUT2D eigenvalue weighted by Gasteiger charge is -2.40. The molecule has 17 heavy (non-hydrogen) atoms. The molecule has 0 aromatic carbocycles. The van der Waals surface area contributed by atoms with Gasteiger partial charge in [-0.3, -0.25) is 0 Å². The molecule has 0 amide bonds. The van der Waals surface area contributed by atoms with Gasteiger partial charge in [0.15, 0.2) is 0 Å². The van der Waals surface area contributed by atoms with Crippen LogP contribution in [-0.4, -0.2) is 12.6 Å². The lowest BCUT2D eigenvalue weighted by molar-refractivity contribution is 0.119. The van der Waals surface area contributed by atoms with E-state index < -0.39 is 0 Å². The van der Waals surface area contributed by atoms with E-state index in [4.69, 9.17) is 0 Å². The molecule has 2 bridgehead atoms. The molecule has 96 valence electrons. The number of rotatable bonds is 5. The van der Waals surface area contributed by atoms with E-state index in [1.165, 1.54) is 25.8 Å². The van der Waals surface area contributed by atoms with Crippen molar-refractivity contribution < 1.29 is 0 Å². The number of hydrogen-bond acceptors (Lipinski definition) is 1. The number of hydrogen-bond donors (Lipinski definition) is 1. The van der Waals surface area contributed by atoms with Gasteiger partial charge in [-0.2, -0.15) is 0 Å². The fourth-order valence-corrected chi connectivity index (χ4v) is 4.88. The Bertz CT molecular complexity index is 283. The molecule has 4 aliphatic rings. The van der Waals surface area contributed by atoms with Crippen LogP contribution in [0.15, 0.2) is 0 Å². The summed E-state index contributed by atoms with van der Waals surface area (Å²) in [7, 11) is 0. The largest absolute Gasteiger partial charge is 0.314 e. The maximum atomic E-state index is 3.75. The molecule has 0 spiro atoms. The molecule has 0 aromatic heterocycles. The van der Waals surface area contributed by atoms with Gasteiger partial charge in [-0.25, -0.2) is 0 Å². The van der Waals surface area contributed by atoms with E-state index >= 15 is 0 Å². The van der Waals surface area contributed by atoms with Crippen LogP contribution in [0.1, 0.15) is 57.8 Å². The van der Waals surface area contributed by atoms with Crippen LogP contribution in [0.25, 0.3) is 0 Å². The molecule has 0 aromatic rings. The zero-order valence-electron chi connectivity index (χ0n) is 11.0. The SMILES string of the molecule is C1CC2CC1CC2CC1CCC1CNC1CC1. The van der Waals surface area contributed by atoms with E-state index in [1.54, 1.807) is 38.5 Å². The summed E-state index contributed by atoms with van der Waals surface area (Å²) >= 11 is 0. The molecule has 4 saturated carbocycles. The van der Waals surface area contributed by atoms with E-state index in [0.29, 0.717) is 0 Å². The van der Waals surface area contributed by atoms with Gasteiger partial charge in [-0.05, 0) is 87.5 Å². The molecule has 1 nitrogen and oxygen atoms in total. The summed E-state index contributed by atoms with van der Waals surface area (Å²) < 4.78 is 0. The van der Waals surface area contributed by atoms with Crippen molar-refractivity contribution in [2.45, 2.75) is 63.8 Å². The lowest BCUT2D eigenvalue weighted by Crippen LogP contribution is -2.37. The first kappa shape index (κ1) is 10.8. The molecule has 0 aliphatic heterocycles. The maximum absolute atomic E-state index is 3.75. The van der Waals surface area contributed by atoms with E-state index in [-0.39, 0.29) is 0 Å². The average Bonchev–Trinajstić information content (AvgIpc) is 2.90. The average molecular weight is 233 g/mol. The van der Waals surface area contributed by atoms with Crippen LogP contribution in [0.5, 0.6) is 0 Å². The Hall–Kier alpha value is -0.0400. The first-order valence-electron chi connectivity index (χ1n) is 8.12. The Labute approximate surface area is 106 Å². The predicted octanol–water partition coefficient (Wildman–Crippen LogP) is 3.59. The van der Waals surface area contributed by atoms with Crippen molar-refractivity contribution in [2.24, 2.45) is 29.6 Å². The summed E-state index contributed by atoms with van der Waals surface area (Å²) in [6, 6.07) is 0.916. The second kappa shape index (κ2) is 4.26. The highest BCUT2D eigenvalue weighted by Crippen LogP contribution is 2.52. The van der Waals surface area contributed by atoms with Crippen molar-refractivity contribution in [2.75, 3.05) is 6.54 Å². The van der Waals surface area contributed by atoms with Gasteiger partial charge in [-0.15, -0.1) is 0 Å². The topological polar surface area (TPSA) is 12.0 Å². The lowest BCUT2D eigenvalue weighted by atomic mass is 9.67. The van der Waals surface area contributed by atoms with Crippen LogP contribution in [0.3, 0.4) is 0 Å². The van der Waals surface area contributed by atoms with Crippen molar-refractivity contribution >= 4 is 0 Å². The Morgan fingerprint density at radius 1 is 0.765 bits per heavy atom. The van der Waals surface area contributed by atoms with E-state index in [9.17, 15) is 0 Å². The molecule has 4 rings (SSSR count). The van der Waals surface area contributed by atoms with Crippen LogP contribution in [-0.2, 0) is 0 Å². The molecule has 0 saturated heterocycles. The zero-order chi connectivity index (χ0) is 11.2. The van der Waals surface area contributed by atoms with Gasteiger partial charge in [0.25, 0.3) is 0 Å². The number of fused-ring (bicyclic) bond motifs is 2. The highest BCUT2D eigenvalue weighted by atomic mass is 14.9. The Morgan fingerprint density at radius 3 is 2.24 bits per heavy atom. The monoisotopic (exact) mass is 233 g/mol. The molecule has 4 fully saturated rings. The third-order valence-electron chi connectivity index (χ3n) is 6.31. The fourth-order valence-electron chi connectivity index (χ4n) is 4.88. The van der Waals surface area contributed by atoms with Gasteiger partial charge in [0, 0.05) is 6.04 Å². The third kappa shape index (κ3) is 2.16. The molecule has 0 heterocycles. The van der Waals surface area contributed by atoms with Crippen LogP contribution >= 0.6 is 0 Å². The summed E-state index contributed by atoms with van der Waals surface area (Å²) in [4.78, 5) is 0. The Morgan fingerprint density at radius 2 is 1.65 bits per heavy atom.